The number of nitriles is 1. The van der Waals surface area contributed by atoms with Crippen LogP contribution in [0.3, 0.4) is 0 Å². The average Bonchev–Trinajstić information content (AvgIpc) is 2.96. The van der Waals surface area contributed by atoms with E-state index in [0.29, 0.717) is 16.9 Å². The molecular formula is C17H10BrF2N3. The summed E-state index contributed by atoms with van der Waals surface area (Å²) in [6.07, 6.45) is -2.82. The monoisotopic (exact) mass is 373 g/mol. The van der Waals surface area contributed by atoms with Crippen molar-refractivity contribution in [3.05, 3.63) is 70.3 Å². The highest BCUT2D eigenvalue weighted by Crippen LogP contribution is 2.33. The molecule has 0 aliphatic rings. The fourth-order valence-electron chi connectivity index (χ4n) is 2.33. The van der Waals surface area contributed by atoms with Crippen LogP contribution in [-0.4, -0.2) is 9.78 Å². The summed E-state index contributed by atoms with van der Waals surface area (Å²) in [5, 5.41) is 13.4. The molecule has 0 radical (unpaired) electrons. The van der Waals surface area contributed by atoms with Gasteiger partial charge < -0.3 is 0 Å². The summed E-state index contributed by atoms with van der Waals surface area (Å²) >= 11 is 3.34. The summed E-state index contributed by atoms with van der Waals surface area (Å²) in [6, 6.07) is 17.9. The van der Waals surface area contributed by atoms with E-state index in [1.165, 1.54) is 4.68 Å². The predicted octanol–water partition coefficient (Wildman–Crippen LogP) is 5.11. The lowest BCUT2D eigenvalue weighted by atomic mass is 10.1. The highest BCUT2D eigenvalue weighted by atomic mass is 79.9. The molecule has 2 aromatic carbocycles. The molecule has 114 valence electrons. The summed E-state index contributed by atoms with van der Waals surface area (Å²) in [7, 11) is 0. The van der Waals surface area contributed by atoms with E-state index in [1.807, 2.05) is 12.1 Å². The zero-order chi connectivity index (χ0) is 16.4. The maximum Gasteiger partial charge on any atom is 0.283 e. The normalized spacial score (nSPS) is 10.7. The van der Waals surface area contributed by atoms with Crippen LogP contribution < -0.4 is 0 Å². The van der Waals surface area contributed by atoms with Gasteiger partial charge in [0.05, 0.1) is 11.4 Å². The minimum absolute atomic E-state index is 0.103. The van der Waals surface area contributed by atoms with Crippen LogP contribution in [0.1, 0.15) is 17.7 Å². The van der Waals surface area contributed by atoms with Gasteiger partial charge in [0, 0.05) is 10.0 Å². The van der Waals surface area contributed by atoms with Crippen molar-refractivity contribution in [1.29, 1.82) is 5.26 Å². The molecule has 0 saturated heterocycles. The third kappa shape index (κ3) is 2.88. The lowest BCUT2D eigenvalue weighted by Crippen LogP contribution is -1.99. The second-order valence-electron chi connectivity index (χ2n) is 4.78. The van der Waals surface area contributed by atoms with E-state index < -0.39 is 12.1 Å². The van der Waals surface area contributed by atoms with Crippen LogP contribution in [0.25, 0.3) is 16.9 Å². The zero-order valence-electron chi connectivity index (χ0n) is 11.7. The van der Waals surface area contributed by atoms with Gasteiger partial charge in [-0.2, -0.15) is 10.4 Å². The summed E-state index contributed by atoms with van der Waals surface area (Å²) in [5.41, 5.74) is 1.02. The second-order valence-corrected chi connectivity index (χ2v) is 5.69. The number of hydrogen-bond donors (Lipinski definition) is 0. The molecule has 1 aromatic heterocycles. The number of alkyl halides is 2. The van der Waals surface area contributed by atoms with Crippen LogP contribution in [0, 0.1) is 11.3 Å². The first-order chi connectivity index (χ1) is 11.1. The van der Waals surface area contributed by atoms with E-state index in [1.54, 1.807) is 48.5 Å². The van der Waals surface area contributed by atoms with Gasteiger partial charge in [0.15, 0.2) is 0 Å². The SMILES string of the molecule is N#Cc1c(C(F)F)nn(-c2ccc(Br)cc2)c1-c1ccccc1. The Hall–Kier alpha value is -2.52. The van der Waals surface area contributed by atoms with Gasteiger partial charge in [-0.05, 0) is 24.3 Å². The molecule has 0 saturated carbocycles. The average molecular weight is 374 g/mol. The third-order valence-corrected chi connectivity index (χ3v) is 3.88. The van der Waals surface area contributed by atoms with Crippen molar-refractivity contribution in [3.8, 4) is 23.0 Å². The van der Waals surface area contributed by atoms with Crippen LogP contribution in [0.15, 0.2) is 59.1 Å². The van der Waals surface area contributed by atoms with Gasteiger partial charge in [0.1, 0.15) is 17.3 Å². The number of hydrogen-bond acceptors (Lipinski definition) is 2. The van der Waals surface area contributed by atoms with Crippen molar-refractivity contribution >= 4 is 15.9 Å². The molecule has 1 heterocycles. The van der Waals surface area contributed by atoms with Gasteiger partial charge in [0.25, 0.3) is 6.43 Å². The van der Waals surface area contributed by atoms with E-state index in [-0.39, 0.29) is 5.56 Å². The standard InChI is InChI=1S/C17H10BrF2N3/c18-12-6-8-13(9-7-12)23-16(11-4-2-1-3-5-11)14(10-21)15(22-23)17(19)20/h1-9,17H. The first-order valence-electron chi connectivity index (χ1n) is 6.74. The molecule has 3 nitrogen and oxygen atoms in total. The van der Waals surface area contributed by atoms with Gasteiger partial charge in [-0.3, -0.25) is 0 Å². The Morgan fingerprint density at radius 2 is 1.70 bits per heavy atom. The molecule has 6 heteroatoms. The third-order valence-electron chi connectivity index (χ3n) is 3.35. The Balaban J connectivity index is 2.31. The number of aromatic nitrogens is 2. The van der Waals surface area contributed by atoms with Gasteiger partial charge in [0.2, 0.25) is 0 Å². The molecule has 0 fully saturated rings. The van der Waals surface area contributed by atoms with Crippen molar-refractivity contribution in [3.63, 3.8) is 0 Å². The fourth-order valence-corrected chi connectivity index (χ4v) is 2.59. The van der Waals surface area contributed by atoms with Gasteiger partial charge in [-0.15, -0.1) is 0 Å². The highest BCUT2D eigenvalue weighted by Gasteiger charge is 2.25. The Morgan fingerprint density at radius 3 is 2.26 bits per heavy atom. The number of nitrogens with zero attached hydrogens (tertiary/aromatic N) is 3. The molecule has 0 amide bonds. The second kappa shape index (κ2) is 6.31. The van der Waals surface area contributed by atoms with Crippen LogP contribution in [0.2, 0.25) is 0 Å². The highest BCUT2D eigenvalue weighted by molar-refractivity contribution is 9.10. The Bertz CT molecular complexity index is 865. The maximum atomic E-state index is 13.3. The van der Waals surface area contributed by atoms with Crippen molar-refractivity contribution in [2.45, 2.75) is 6.43 Å². The molecule has 0 atom stereocenters. The molecule has 3 rings (SSSR count). The molecule has 3 aromatic rings. The summed E-state index contributed by atoms with van der Waals surface area (Å²) < 4.78 is 28.8. The van der Waals surface area contributed by atoms with Crippen molar-refractivity contribution < 1.29 is 8.78 Å². The molecule has 0 spiro atoms. The molecule has 23 heavy (non-hydrogen) atoms. The smallest absolute Gasteiger partial charge is 0.231 e. The lowest BCUT2D eigenvalue weighted by molar-refractivity contribution is 0.145. The number of rotatable bonds is 3. The molecular weight excluding hydrogens is 364 g/mol. The molecule has 0 N–H and O–H groups in total. The molecule has 0 bridgehead atoms. The maximum absolute atomic E-state index is 13.3. The summed E-state index contributed by atoms with van der Waals surface area (Å²) in [4.78, 5) is 0. The largest absolute Gasteiger partial charge is 0.283 e. The van der Waals surface area contributed by atoms with Crippen LogP contribution in [0.5, 0.6) is 0 Å². The molecule has 0 aliphatic heterocycles. The minimum atomic E-state index is -2.82. The Labute approximate surface area is 139 Å². The lowest BCUT2D eigenvalue weighted by Gasteiger charge is -2.08. The quantitative estimate of drug-likeness (QED) is 0.639. The Kier molecular flexibility index (Phi) is 4.22. The zero-order valence-corrected chi connectivity index (χ0v) is 13.3. The van der Waals surface area contributed by atoms with Crippen molar-refractivity contribution in [1.82, 2.24) is 9.78 Å². The fraction of sp³-hybridized carbons (Fsp3) is 0.0588. The van der Waals surface area contributed by atoms with Gasteiger partial charge in [-0.1, -0.05) is 46.3 Å². The van der Waals surface area contributed by atoms with Gasteiger partial charge in [-0.25, -0.2) is 13.5 Å². The van der Waals surface area contributed by atoms with Crippen LogP contribution in [0.4, 0.5) is 8.78 Å². The van der Waals surface area contributed by atoms with Crippen molar-refractivity contribution in [2.75, 3.05) is 0 Å². The topological polar surface area (TPSA) is 41.6 Å². The van der Waals surface area contributed by atoms with Crippen LogP contribution in [-0.2, 0) is 0 Å². The minimum Gasteiger partial charge on any atom is -0.231 e. The number of benzene rings is 2. The van der Waals surface area contributed by atoms with E-state index in [0.717, 1.165) is 4.47 Å². The van der Waals surface area contributed by atoms with E-state index >= 15 is 0 Å². The predicted molar refractivity (Wildman–Crippen MR) is 86.4 cm³/mol. The van der Waals surface area contributed by atoms with E-state index in [4.69, 9.17) is 0 Å². The first kappa shape index (κ1) is 15.4. The van der Waals surface area contributed by atoms with Gasteiger partial charge >= 0.3 is 0 Å². The first-order valence-corrected chi connectivity index (χ1v) is 7.53. The molecule has 0 aliphatic carbocycles. The van der Waals surface area contributed by atoms with E-state index in [2.05, 4.69) is 21.0 Å². The summed E-state index contributed by atoms with van der Waals surface area (Å²) in [6.45, 7) is 0. The summed E-state index contributed by atoms with van der Waals surface area (Å²) in [5.74, 6) is 0. The van der Waals surface area contributed by atoms with Crippen LogP contribution >= 0.6 is 15.9 Å². The van der Waals surface area contributed by atoms with E-state index in [9.17, 15) is 14.0 Å². The van der Waals surface area contributed by atoms with Crippen molar-refractivity contribution in [2.24, 2.45) is 0 Å². The molecule has 0 unspecified atom stereocenters. The number of halogens is 3. The Morgan fingerprint density at radius 1 is 1.04 bits per heavy atom.